The van der Waals surface area contributed by atoms with Crippen LogP contribution in [0.5, 0.6) is 0 Å². The molecule has 0 aliphatic heterocycles. The van der Waals surface area contributed by atoms with E-state index in [4.69, 9.17) is 5.11 Å². The molecule has 7 heteroatoms. The van der Waals surface area contributed by atoms with E-state index < -0.39 is 27.5 Å². The first-order valence-corrected chi connectivity index (χ1v) is 7.72. The lowest BCUT2D eigenvalue weighted by Gasteiger charge is -2.08. The number of sulfone groups is 1. The van der Waals surface area contributed by atoms with Crippen LogP contribution in [0.1, 0.15) is 11.1 Å². The number of carbonyl (C=O) groups is 2. The van der Waals surface area contributed by atoms with E-state index in [9.17, 15) is 18.0 Å². The number of aryl methyl sites for hydroxylation is 1. The maximum absolute atomic E-state index is 11.5. The average molecular weight is 297 g/mol. The summed E-state index contributed by atoms with van der Waals surface area (Å²) >= 11 is 0. The third kappa shape index (κ3) is 5.66. The van der Waals surface area contributed by atoms with Crippen LogP contribution >= 0.6 is 0 Å². The fourth-order valence-electron chi connectivity index (χ4n) is 1.52. The number of amides is 1. The van der Waals surface area contributed by atoms with E-state index in [1.54, 1.807) is 25.1 Å². The van der Waals surface area contributed by atoms with Gasteiger partial charge in [-0.25, -0.2) is 13.2 Å². The van der Waals surface area contributed by atoms with Crippen molar-refractivity contribution in [3.8, 4) is 0 Å². The molecule has 0 saturated carbocycles. The number of carbonyl (C=O) groups excluding carboxylic acids is 1. The maximum atomic E-state index is 11.5. The zero-order chi connectivity index (χ0) is 15.3. The molecule has 0 fully saturated rings. The van der Waals surface area contributed by atoms with Gasteiger partial charge in [-0.1, -0.05) is 6.07 Å². The van der Waals surface area contributed by atoms with Crippen LogP contribution in [0.25, 0.3) is 6.08 Å². The fraction of sp³-hybridized carbons (Fsp3) is 0.231. The summed E-state index contributed by atoms with van der Waals surface area (Å²) in [5.41, 5.74) is 1.87. The van der Waals surface area contributed by atoms with Crippen molar-refractivity contribution in [3.05, 3.63) is 35.4 Å². The van der Waals surface area contributed by atoms with Crippen LogP contribution < -0.4 is 5.32 Å². The van der Waals surface area contributed by atoms with Gasteiger partial charge in [0, 0.05) is 18.0 Å². The van der Waals surface area contributed by atoms with E-state index in [1.165, 1.54) is 6.08 Å². The van der Waals surface area contributed by atoms with E-state index in [0.717, 1.165) is 12.3 Å². The van der Waals surface area contributed by atoms with Gasteiger partial charge in [-0.3, -0.25) is 4.79 Å². The quantitative estimate of drug-likeness (QED) is 0.792. The number of carboxylic acid groups (broad SMARTS) is 1. The highest BCUT2D eigenvalue weighted by Gasteiger charge is 2.11. The highest BCUT2D eigenvalue weighted by atomic mass is 32.2. The molecule has 0 unspecified atom stereocenters. The van der Waals surface area contributed by atoms with Crippen LogP contribution in [0.3, 0.4) is 0 Å². The Labute approximate surface area is 117 Å². The van der Waals surface area contributed by atoms with Gasteiger partial charge in [0.05, 0.1) is 0 Å². The van der Waals surface area contributed by atoms with Crippen LogP contribution in [-0.4, -0.2) is 37.4 Å². The summed E-state index contributed by atoms with van der Waals surface area (Å²) in [7, 11) is -3.37. The molecule has 0 bridgehead atoms. The van der Waals surface area contributed by atoms with E-state index in [2.05, 4.69) is 5.32 Å². The summed E-state index contributed by atoms with van der Waals surface area (Å²) in [6.07, 6.45) is 3.42. The average Bonchev–Trinajstić information content (AvgIpc) is 2.27. The molecule has 0 radical (unpaired) electrons. The van der Waals surface area contributed by atoms with Gasteiger partial charge in [0.2, 0.25) is 5.91 Å². The number of nitrogens with one attached hydrogen (secondary N) is 1. The fourth-order valence-corrected chi connectivity index (χ4v) is 2.07. The Hall–Kier alpha value is -2.15. The molecule has 0 saturated heterocycles. The second kappa shape index (κ2) is 6.33. The minimum Gasteiger partial charge on any atom is -0.478 e. The van der Waals surface area contributed by atoms with Gasteiger partial charge in [0.1, 0.15) is 5.75 Å². The SMILES string of the molecule is Cc1cc(C=CC(=O)O)ccc1NC(=O)CS(C)(=O)=O. The summed E-state index contributed by atoms with van der Waals surface area (Å²) in [4.78, 5) is 21.9. The second-order valence-electron chi connectivity index (χ2n) is 4.36. The van der Waals surface area contributed by atoms with Crippen molar-refractivity contribution >= 4 is 33.5 Å². The van der Waals surface area contributed by atoms with Gasteiger partial charge in [0.25, 0.3) is 0 Å². The number of benzene rings is 1. The predicted molar refractivity (Wildman–Crippen MR) is 76.2 cm³/mol. The molecule has 0 heterocycles. The third-order valence-electron chi connectivity index (χ3n) is 2.34. The Kier molecular flexibility index (Phi) is 5.04. The van der Waals surface area contributed by atoms with Crippen molar-refractivity contribution in [2.75, 3.05) is 17.3 Å². The van der Waals surface area contributed by atoms with Crippen LogP contribution in [0, 0.1) is 6.92 Å². The summed E-state index contributed by atoms with van der Waals surface area (Å²) in [5, 5.41) is 11.0. The molecular formula is C13H15NO5S. The molecule has 0 aliphatic rings. The number of rotatable bonds is 5. The number of aliphatic carboxylic acids is 1. The number of hydrogen-bond donors (Lipinski definition) is 2. The smallest absolute Gasteiger partial charge is 0.328 e. The lowest BCUT2D eigenvalue weighted by molar-refractivity contribution is -0.131. The van der Waals surface area contributed by atoms with Crippen molar-refractivity contribution in [1.82, 2.24) is 0 Å². The summed E-state index contributed by atoms with van der Waals surface area (Å²) in [6.45, 7) is 1.73. The Balaban J connectivity index is 2.83. The van der Waals surface area contributed by atoms with Crippen LogP contribution in [0.4, 0.5) is 5.69 Å². The van der Waals surface area contributed by atoms with Gasteiger partial charge in [0.15, 0.2) is 9.84 Å². The van der Waals surface area contributed by atoms with Gasteiger partial charge in [-0.2, -0.15) is 0 Å². The van der Waals surface area contributed by atoms with E-state index in [0.29, 0.717) is 16.8 Å². The minimum absolute atomic E-state index is 0.492. The van der Waals surface area contributed by atoms with Crippen molar-refractivity contribution in [2.45, 2.75) is 6.92 Å². The first-order valence-electron chi connectivity index (χ1n) is 5.66. The highest BCUT2D eigenvalue weighted by molar-refractivity contribution is 7.91. The first kappa shape index (κ1) is 15.9. The van der Waals surface area contributed by atoms with E-state index in [1.807, 2.05) is 0 Å². The summed E-state index contributed by atoms with van der Waals surface area (Å²) in [6, 6.07) is 4.91. The first-order chi connectivity index (χ1) is 9.17. The lowest BCUT2D eigenvalue weighted by atomic mass is 10.1. The van der Waals surface area contributed by atoms with Crippen molar-refractivity contribution in [3.63, 3.8) is 0 Å². The third-order valence-corrected chi connectivity index (χ3v) is 3.12. The van der Waals surface area contributed by atoms with Gasteiger partial charge in [-0.15, -0.1) is 0 Å². The van der Waals surface area contributed by atoms with Gasteiger partial charge < -0.3 is 10.4 Å². The number of anilines is 1. The number of hydrogen-bond acceptors (Lipinski definition) is 4. The normalized spacial score (nSPS) is 11.5. The van der Waals surface area contributed by atoms with Crippen molar-refractivity contribution in [2.24, 2.45) is 0 Å². The van der Waals surface area contributed by atoms with Crippen LogP contribution in [0.2, 0.25) is 0 Å². The summed E-state index contributed by atoms with van der Waals surface area (Å²) in [5.74, 6) is -2.23. The molecule has 0 spiro atoms. The predicted octanol–water partition coefficient (Wildman–Crippen LogP) is 1.08. The molecule has 0 atom stereocenters. The standard InChI is InChI=1S/C13H15NO5S/c1-9-7-10(4-6-13(16)17)3-5-11(9)14-12(15)8-20(2,18)19/h3-7H,8H2,1-2H3,(H,14,15)(H,16,17). The molecule has 1 aromatic rings. The molecule has 0 aliphatic carbocycles. The Morgan fingerprint density at radius 2 is 2.00 bits per heavy atom. The largest absolute Gasteiger partial charge is 0.478 e. The molecule has 6 nitrogen and oxygen atoms in total. The van der Waals surface area contributed by atoms with E-state index in [-0.39, 0.29) is 0 Å². The summed E-state index contributed by atoms with van der Waals surface area (Å²) < 4.78 is 22.0. The molecule has 108 valence electrons. The maximum Gasteiger partial charge on any atom is 0.328 e. The topological polar surface area (TPSA) is 101 Å². The lowest BCUT2D eigenvalue weighted by Crippen LogP contribution is -2.22. The van der Waals surface area contributed by atoms with Crippen molar-refractivity contribution in [1.29, 1.82) is 0 Å². The zero-order valence-corrected chi connectivity index (χ0v) is 11.9. The number of carboxylic acids is 1. The Morgan fingerprint density at radius 1 is 1.35 bits per heavy atom. The highest BCUT2D eigenvalue weighted by Crippen LogP contribution is 2.17. The van der Waals surface area contributed by atoms with Gasteiger partial charge >= 0.3 is 5.97 Å². The van der Waals surface area contributed by atoms with Crippen LogP contribution in [0.15, 0.2) is 24.3 Å². The molecule has 1 aromatic carbocycles. The van der Waals surface area contributed by atoms with Gasteiger partial charge in [-0.05, 0) is 36.3 Å². The Bertz CT molecular complexity index is 661. The minimum atomic E-state index is -3.37. The van der Waals surface area contributed by atoms with Crippen molar-refractivity contribution < 1.29 is 23.1 Å². The Morgan fingerprint density at radius 3 is 2.50 bits per heavy atom. The molecule has 1 amide bonds. The van der Waals surface area contributed by atoms with E-state index >= 15 is 0 Å². The molecular weight excluding hydrogens is 282 g/mol. The second-order valence-corrected chi connectivity index (χ2v) is 6.50. The molecule has 1 rings (SSSR count). The molecule has 2 N–H and O–H groups in total. The van der Waals surface area contributed by atoms with Crippen LogP contribution in [-0.2, 0) is 19.4 Å². The molecule has 0 aromatic heterocycles. The molecule has 20 heavy (non-hydrogen) atoms. The zero-order valence-electron chi connectivity index (χ0n) is 11.1. The monoisotopic (exact) mass is 297 g/mol.